The van der Waals surface area contributed by atoms with Gasteiger partial charge in [0.05, 0.1) is 0 Å². The van der Waals surface area contributed by atoms with Crippen molar-refractivity contribution in [2.24, 2.45) is 28.6 Å². The Balaban J connectivity index is 1.78. The number of allylic oxidation sites excluding steroid dienone is 2. The lowest BCUT2D eigenvalue weighted by molar-refractivity contribution is -0.153. The molecule has 0 saturated heterocycles. The second-order valence-corrected chi connectivity index (χ2v) is 9.66. The monoisotopic (exact) mass is 354 g/mol. The van der Waals surface area contributed by atoms with Gasteiger partial charge in [-0.05, 0) is 79.4 Å². The van der Waals surface area contributed by atoms with Crippen molar-refractivity contribution in [1.29, 1.82) is 0 Å². The first-order valence-corrected chi connectivity index (χ1v) is 9.90. The van der Waals surface area contributed by atoms with Crippen molar-refractivity contribution in [2.75, 3.05) is 0 Å². The zero-order chi connectivity index (χ0) is 19.1. The standard InChI is InChI=1S/C23H30O3/c1-13-10-17-18(21(4)8-6-16(25)12-19(13)21)7-9-22(5)20(17)11-14(2)23(22,26)15(3)24/h12,17-18,20,26H,1-2,6-11H2,3-5H3/t17-,18+,20+,21-,22+,23+/m1/s1. The van der Waals surface area contributed by atoms with Gasteiger partial charge >= 0.3 is 0 Å². The van der Waals surface area contributed by atoms with Crippen LogP contribution < -0.4 is 0 Å². The first-order valence-electron chi connectivity index (χ1n) is 9.90. The van der Waals surface area contributed by atoms with Gasteiger partial charge in [-0.1, -0.05) is 32.6 Å². The average molecular weight is 354 g/mol. The molecule has 0 aromatic rings. The largest absolute Gasteiger partial charge is 0.377 e. The summed E-state index contributed by atoms with van der Waals surface area (Å²) in [5, 5.41) is 11.4. The Morgan fingerprint density at radius 1 is 1.19 bits per heavy atom. The maximum absolute atomic E-state index is 12.4. The fraction of sp³-hybridized carbons (Fsp3) is 0.652. The number of carbonyl (C=O) groups is 2. The minimum absolute atomic E-state index is 0.00645. The lowest BCUT2D eigenvalue weighted by atomic mass is 9.45. The molecule has 1 N–H and O–H groups in total. The molecule has 0 aromatic heterocycles. The Labute approximate surface area is 156 Å². The summed E-state index contributed by atoms with van der Waals surface area (Å²) in [6, 6.07) is 0. The van der Waals surface area contributed by atoms with Crippen LogP contribution in [-0.4, -0.2) is 22.3 Å². The quantitative estimate of drug-likeness (QED) is 0.719. The molecule has 0 aromatic carbocycles. The maximum Gasteiger partial charge on any atom is 0.166 e. The molecule has 3 nitrogen and oxygen atoms in total. The summed E-state index contributed by atoms with van der Waals surface area (Å²) in [4.78, 5) is 24.4. The zero-order valence-electron chi connectivity index (χ0n) is 16.2. The molecule has 0 spiro atoms. The van der Waals surface area contributed by atoms with Gasteiger partial charge in [0.2, 0.25) is 0 Å². The van der Waals surface area contributed by atoms with Crippen LogP contribution in [0.3, 0.4) is 0 Å². The number of carbonyl (C=O) groups excluding carboxylic acids is 2. The van der Waals surface area contributed by atoms with Gasteiger partial charge in [0, 0.05) is 11.8 Å². The van der Waals surface area contributed by atoms with Gasteiger partial charge in [-0.15, -0.1) is 0 Å². The normalized spacial score (nSPS) is 47.8. The highest BCUT2D eigenvalue weighted by Crippen LogP contribution is 2.69. The molecule has 6 atom stereocenters. The highest BCUT2D eigenvalue weighted by Gasteiger charge is 2.67. The lowest BCUT2D eigenvalue weighted by Gasteiger charge is -2.59. The molecule has 0 amide bonds. The third-order valence-electron chi connectivity index (χ3n) is 8.63. The van der Waals surface area contributed by atoms with Crippen LogP contribution in [0.2, 0.25) is 0 Å². The van der Waals surface area contributed by atoms with E-state index >= 15 is 0 Å². The summed E-state index contributed by atoms with van der Waals surface area (Å²) < 4.78 is 0. The highest BCUT2D eigenvalue weighted by molar-refractivity contribution is 5.92. The van der Waals surface area contributed by atoms with E-state index in [1.165, 1.54) is 6.92 Å². The van der Waals surface area contributed by atoms with Crippen LogP contribution in [-0.2, 0) is 9.59 Å². The molecule has 3 fully saturated rings. The average Bonchev–Trinajstić information content (AvgIpc) is 2.78. The minimum atomic E-state index is -1.40. The van der Waals surface area contributed by atoms with E-state index in [2.05, 4.69) is 27.0 Å². The highest BCUT2D eigenvalue weighted by atomic mass is 16.3. The van der Waals surface area contributed by atoms with Crippen molar-refractivity contribution in [2.45, 2.75) is 64.9 Å². The number of hydrogen-bond acceptors (Lipinski definition) is 3. The fourth-order valence-corrected chi connectivity index (χ4v) is 7.18. The number of Topliss-reactive ketones (excluding diaryl/α,β-unsaturated/α-hetero) is 1. The van der Waals surface area contributed by atoms with Crippen LogP contribution >= 0.6 is 0 Å². The molecule has 0 heterocycles. The molecule has 4 aliphatic rings. The number of hydrogen-bond donors (Lipinski definition) is 1. The molecule has 0 aliphatic heterocycles. The van der Waals surface area contributed by atoms with E-state index < -0.39 is 11.0 Å². The summed E-state index contributed by atoms with van der Waals surface area (Å²) in [5.41, 5.74) is 1.08. The minimum Gasteiger partial charge on any atom is -0.377 e. The van der Waals surface area contributed by atoms with Gasteiger partial charge in [-0.2, -0.15) is 0 Å². The fourth-order valence-electron chi connectivity index (χ4n) is 7.18. The summed E-state index contributed by atoms with van der Waals surface area (Å²) in [6.07, 6.45) is 6.74. The topological polar surface area (TPSA) is 54.4 Å². The molecule has 4 aliphatic carbocycles. The van der Waals surface area contributed by atoms with E-state index in [0.29, 0.717) is 23.8 Å². The van der Waals surface area contributed by atoms with Crippen LogP contribution in [0.15, 0.2) is 36.0 Å². The number of fused-ring (bicyclic) bond motifs is 5. The molecule has 3 saturated carbocycles. The summed E-state index contributed by atoms with van der Waals surface area (Å²) >= 11 is 0. The Morgan fingerprint density at radius 2 is 1.88 bits per heavy atom. The third kappa shape index (κ3) is 1.93. The van der Waals surface area contributed by atoms with Crippen molar-refractivity contribution >= 4 is 11.6 Å². The molecule has 26 heavy (non-hydrogen) atoms. The smallest absolute Gasteiger partial charge is 0.166 e. The van der Waals surface area contributed by atoms with Gasteiger partial charge < -0.3 is 5.11 Å². The van der Waals surface area contributed by atoms with Crippen molar-refractivity contribution < 1.29 is 14.7 Å². The second kappa shape index (κ2) is 5.28. The van der Waals surface area contributed by atoms with Crippen LogP contribution in [0.5, 0.6) is 0 Å². The van der Waals surface area contributed by atoms with Crippen LogP contribution in [0.4, 0.5) is 0 Å². The SMILES string of the molecule is C=C1C[C@@H]2[C@H](CC[C@@]3(C)[C@H]2CC(=C)[C@]3(O)C(C)=O)[C@@]2(C)CCC(=O)C=C12. The third-order valence-corrected chi connectivity index (χ3v) is 8.63. The Bertz CT molecular complexity index is 774. The van der Waals surface area contributed by atoms with Crippen LogP contribution in [0.25, 0.3) is 0 Å². The van der Waals surface area contributed by atoms with E-state index in [-0.39, 0.29) is 22.9 Å². The van der Waals surface area contributed by atoms with E-state index in [1.54, 1.807) is 0 Å². The van der Waals surface area contributed by atoms with Gasteiger partial charge in [0.1, 0.15) is 5.60 Å². The molecule has 0 radical (unpaired) electrons. The van der Waals surface area contributed by atoms with Crippen molar-refractivity contribution in [3.05, 3.63) is 36.0 Å². The molecule has 0 bridgehead atoms. The zero-order valence-corrected chi connectivity index (χ0v) is 16.2. The Kier molecular flexibility index (Phi) is 3.64. The van der Waals surface area contributed by atoms with Gasteiger partial charge in [0.25, 0.3) is 0 Å². The molecule has 0 unspecified atom stereocenters. The predicted molar refractivity (Wildman–Crippen MR) is 101 cm³/mol. The second-order valence-electron chi connectivity index (χ2n) is 9.66. The summed E-state index contributed by atoms with van der Waals surface area (Å²) in [6.45, 7) is 14.3. The van der Waals surface area contributed by atoms with Gasteiger partial charge in [-0.3, -0.25) is 9.59 Å². The summed E-state index contributed by atoms with van der Waals surface area (Å²) in [5.74, 6) is 1.17. The molecular formula is C23H30O3. The Hall–Kier alpha value is -1.48. The lowest BCUT2D eigenvalue weighted by Crippen LogP contribution is -2.57. The van der Waals surface area contributed by atoms with Crippen LogP contribution in [0, 0.1) is 28.6 Å². The van der Waals surface area contributed by atoms with Crippen molar-refractivity contribution in [3.63, 3.8) is 0 Å². The number of ketones is 2. The number of aliphatic hydroxyl groups is 1. The first-order chi connectivity index (χ1) is 12.1. The van der Waals surface area contributed by atoms with Crippen molar-refractivity contribution in [1.82, 2.24) is 0 Å². The predicted octanol–water partition coefficient (Wildman–Crippen LogP) is 4.17. The Morgan fingerprint density at radius 3 is 2.54 bits per heavy atom. The molecule has 140 valence electrons. The molecule has 3 heteroatoms. The van der Waals surface area contributed by atoms with E-state index in [1.807, 2.05) is 6.08 Å². The molecular weight excluding hydrogens is 324 g/mol. The van der Waals surface area contributed by atoms with Crippen molar-refractivity contribution in [3.8, 4) is 0 Å². The molecule has 4 rings (SSSR count). The van der Waals surface area contributed by atoms with Gasteiger partial charge in [-0.25, -0.2) is 0 Å². The van der Waals surface area contributed by atoms with E-state index in [0.717, 1.165) is 43.3 Å². The first kappa shape index (κ1) is 17.9. The van der Waals surface area contributed by atoms with E-state index in [4.69, 9.17) is 0 Å². The van der Waals surface area contributed by atoms with E-state index in [9.17, 15) is 14.7 Å². The summed E-state index contributed by atoms with van der Waals surface area (Å²) in [7, 11) is 0. The van der Waals surface area contributed by atoms with Crippen LogP contribution in [0.1, 0.15) is 59.3 Å². The van der Waals surface area contributed by atoms with Gasteiger partial charge in [0.15, 0.2) is 11.6 Å². The maximum atomic E-state index is 12.4. The number of rotatable bonds is 1.